The second-order valence-corrected chi connectivity index (χ2v) is 4.78. The van der Waals surface area contributed by atoms with E-state index in [0.717, 1.165) is 0 Å². The Labute approximate surface area is 129 Å². The Balaban J connectivity index is 1.88. The van der Waals surface area contributed by atoms with Crippen LogP contribution in [0.25, 0.3) is 22.2 Å². The van der Waals surface area contributed by atoms with E-state index >= 15 is 0 Å². The number of benzene rings is 1. The molecule has 0 fully saturated rings. The quantitative estimate of drug-likeness (QED) is 0.802. The maximum absolute atomic E-state index is 12.2. The summed E-state index contributed by atoms with van der Waals surface area (Å²) in [6.45, 7) is -1.33. The first-order valence-electron chi connectivity index (χ1n) is 6.59. The number of anilines is 1. The van der Waals surface area contributed by atoms with Crippen LogP contribution in [0, 0.1) is 0 Å². The fourth-order valence-corrected chi connectivity index (χ4v) is 1.99. The van der Waals surface area contributed by atoms with Crippen LogP contribution in [0.3, 0.4) is 0 Å². The normalized spacial score (nSPS) is 11.6. The summed E-state index contributed by atoms with van der Waals surface area (Å²) >= 11 is 0. The van der Waals surface area contributed by atoms with Crippen molar-refractivity contribution < 1.29 is 17.9 Å². The zero-order chi connectivity index (χ0) is 16.4. The topological polar surface area (TPSA) is 73.9 Å². The van der Waals surface area contributed by atoms with Gasteiger partial charge in [-0.3, -0.25) is 0 Å². The zero-order valence-corrected chi connectivity index (χ0v) is 11.7. The monoisotopic (exact) mass is 320 g/mol. The van der Waals surface area contributed by atoms with Crippen LogP contribution in [0.5, 0.6) is 5.75 Å². The van der Waals surface area contributed by atoms with Crippen molar-refractivity contribution in [2.45, 2.75) is 6.18 Å². The molecule has 0 aliphatic heterocycles. The number of nitrogen functional groups attached to an aromatic ring is 1. The van der Waals surface area contributed by atoms with Gasteiger partial charge >= 0.3 is 6.18 Å². The third kappa shape index (κ3) is 3.65. The third-order valence-electron chi connectivity index (χ3n) is 3.03. The molecular formula is C15H11F3N4O. The molecule has 5 nitrogen and oxygen atoms in total. The van der Waals surface area contributed by atoms with E-state index in [9.17, 15) is 13.2 Å². The van der Waals surface area contributed by atoms with Crippen LogP contribution in [0.2, 0.25) is 0 Å². The molecule has 23 heavy (non-hydrogen) atoms. The Morgan fingerprint density at radius 2 is 1.78 bits per heavy atom. The van der Waals surface area contributed by atoms with Gasteiger partial charge in [-0.05, 0) is 24.3 Å². The molecular weight excluding hydrogens is 309 g/mol. The highest BCUT2D eigenvalue weighted by atomic mass is 19.4. The molecule has 0 saturated carbocycles. The molecule has 2 heterocycles. The number of halogens is 3. The van der Waals surface area contributed by atoms with Crippen molar-refractivity contribution in [3.8, 4) is 17.0 Å². The second kappa shape index (κ2) is 5.71. The summed E-state index contributed by atoms with van der Waals surface area (Å²) in [6, 6.07) is 8.03. The summed E-state index contributed by atoms with van der Waals surface area (Å²) in [5.74, 6) is 0.307. The molecule has 0 aliphatic rings. The van der Waals surface area contributed by atoms with Crippen LogP contribution in [-0.4, -0.2) is 27.7 Å². The van der Waals surface area contributed by atoms with Gasteiger partial charge in [0, 0.05) is 23.3 Å². The van der Waals surface area contributed by atoms with Crippen molar-refractivity contribution >= 4 is 16.9 Å². The maximum Gasteiger partial charge on any atom is 0.422 e. The van der Waals surface area contributed by atoms with E-state index in [4.69, 9.17) is 10.5 Å². The van der Waals surface area contributed by atoms with Gasteiger partial charge in [-0.2, -0.15) is 13.2 Å². The molecule has 1 aromatic carbocycles. The van der Waals surface area contributed by atoms with Crippen LogP contribution in [-0.2, 0) is 0 Å². The Morgan fingerprint density at radius 3 is 2.48 bits per heavy atom. The minimum absolute atomic E-state index is 0.139. The van der Waals surface area contributed by atoms with Crippen LogP contribution in [0.4, 0.5) is 19.1 Å². The fourth-order valence-electron chi connectivity index (χ4n) is 1.99. The van der Waals surface area contributed by atoms with Gasteiger partial charge in [-0.1, -0.05) is 6.07 Å². The number of pyridine rings is 1. The number of hydrogen-bond donors (Lipinski definition) is 1. The molecule has 2 N–H and O–H groups in total. The van der Waals surface area contributed by atoms with Crippen molar-refractivity contribution in [1.29, 1.82) is 0 Å². The van der Waals surface area contributed by atoms with Gasteiger partial charge in [0.1, 0.15) is 5.75 Å². The highest BCUT2D eigenvalue weighted by Crippen LogP contribution is 2.25. The molecule has 0 spiro atoms. The van der Waals surface area contributed by atoms with E-state index < -0.39 is 12.8 Å². The summed E-state index contributed by atoms with van der Waals surface area (Å²) in [4.78, 5) is 12.2. The molecule has 3 aromatic rings. The molecule has 0 aliphatic carbocycles. The maximum atomic E-state index is 12.2. The van der Waals surface area contributed by atoms with Crippen LogP contribution in [0.15, 0.2) is 42.7 Å². The predicted molar refractivity (Wildman–Crippen MR) is 78.7 cm³/mol. The predicted octanol–water partition coefficient (Wildman–Crippen LogP) is 3.22. The lowest BCUT2D eigenvalue weighted by atomic mass is 10.1. The lowest BCUT2D eigenvalue weighted by Gasteiger charge is -2.10. The van der Waals surface area contributed by atoms with E-state index in [0.29, 0.717) is 22.2 Å². The zero-order valence-electron chi connectivity index (χ0n) is 11.7. The van der Waals surface area contributed by atoms with E-state index in [1.807, 2.05) is 0 Å². The molecule has 0 bridgehead atoms. The number of nitrogens with zero attached hydrogens (tertiary/aromatic N) is 3. The number of rotatable bonds is 3. The molecule has 0 saturated heterocycles. The number of ether oxygens (including phenoxy) is 1. The Bertz CT molecular complexity index is 834. The van der Waals surface area contributed by atoms with Gasteiger partial charge in [-0.25, -0.2) is 15.0 Å². The molecule has 0 radical (unpaired) electrons. The van der Waals surface area contributed by atoms with Gasteiger partial charge in [0.05, 0.1) is 11.2 Å². The first-order chi connectivity index (χ1) is 10.9. The molecule has 0 unspecified atom stereocenters. The molecule has 118 valence electrons. The van der Waals surface area contributed by atoms with Crippen LogP contribution in [0.1, 0.15) is 0 Å². The average Bonchev–Trinajstić information content (AvgIpc) is 2.52. The standard InChI is InChI=1S/C15H11F3N4O/c16-15(17,18)8-23-11-2-4-12-9(5-11)1-3-13(22-12)10-6-20-14(19)21-7-10/h1-7H,8H2,(H2,19,20,21). The average molecular weight is 320 g/mol. The van der Waals surface area contributed by atoms with Gasteiger partial charge in [0.15, 0.2) is 6.61 Å². The summed E-state index contributed by atoms with van der Waals surface area (Å²) in [6.07, 6.45) is -1.26. The number of hydrogen-bond acceptors (Lipinski definition) is 5. The van der Waals surface area contributed by atoms with Gasteiger partial charge in [0.2, 0.25) is 5.95 Å². The Morgan fingerprint density at radius 1 is 1.04 bits per heavy atom. The fraction of sp³-hybridized carbons (Fsp3) is 0.133. The van der Waals surface area contributed by atoms with Crippen LogP contribution < -0.4 is 10.5 Å². The largest absolute Gasteiger partial charge is 0.484 e. The SMILES string of the molecule is Nc1ncc(-c2ccc3cc(OCC(F)(F)F)ccc3n2)cn1. The second-order valence-electron chi connectivity index (χ2n) is 4.78. The number of alkyl halides is 3. The first kappa shape index (κ1) is 15.0. The Kier molecular flexibility index (Phi) is 3.73. The summed E-state index contributed by atoms with van der Waals surface area (Å²) in [5, 5.41) is 0.671. The molecule has 0 amide bonds. The third-order valence-corrected chi connectivity index (χ3v) is 3.03. The van der Waals surface area contributed by atoms with Crippen molar-refractivity contribution in [3.05, 3.63) is 42.7 Å². The summed E-state index contributed by atoms with van der Waals surface area (Å²) < 4.78 is 41.2. The summed E-state index contributed by atoms with van der Waals surface area (Å²) in [7, 11) is 0. The summed E-state index contributed by atoms with van der Waals surface area (Å²) in [5.41, 5.74) is 7.39. The van der Waals surface area contributed by atoms with Gasteiger partial charge in [0.25, 0.3) is 0 Å². The highest BCUT2D eigenvalue weighted by Gasteiger charge is 2.28. The van der Waals surface area contributed by atoms with Gasteiger partial charge < -0.3 is 10.5 Å². The number of aromatic nitrogens is 3. The Hall–Kier alpha value is -2.90. The van der Waals surface area contributed by atoms with Crippen molar-refractivity contribution in [2.24, 2.45) is 0 Å². The van der Waals surface area contributed by atoms with E-state index in [1.165, 1.54) is 12.1 Å². The number of fused-ring (bicyclic) bond motifs is 1. The minimum atomic E-state index is -4.37. The minimum Gasteiger partial charge on any atom is -0.484 e. The van der Waals surface area contributed by atoms with Crippen molar-refractivity contribution in [2.75, 3.05) is 12.3 Å². The lowest BCUT2D eigenvalue weighted by molar-refractivity contribution is -0.153. The van der Waals surface area contributed by atoms with Crippen molar-refractivity contribution in [1.82, 2.24) is 15.0 Å². The van der Waals surface area contributed by atoms with E-state index in [1.54, 1.807) is 30.6 Å². The van der Waals surface area contributed by atoms with Crippen molar-refractivity contribution in [3.63, 3.8) is 0 Å². The van der Waals surface area contributed by atoms with Gasteiger partial charge in [-0.15, -0.1) is 0 Å². The smallest absolute Gasteiger partial charge is 0.422 e. The molecule has 8 heteroatoms. The number of nitrogens with two attached hydrogens (primary N) is 1. The van der Waals surface area contributed by atoms with E-state index in [-0.39, 0.29) is 11.7 Å². The van der Waals surface area contributed by atoms with Crippen LogP contribution >= 0.6 is 0 Å². The highest BCUT2D eigenvalue weighted by molar-refractivity contribution is 5.82. The first-order valence-corrected chi connectivity index (χ1v) is 6.59. The van der Waals surface area contributed by atoms with E-state index in [2.05, 4.69) is 15.0 Å². The molecule has 2 aromatic heterocycles. The lowest BCUT2D eigenvalue weighted by Crippen LogP contribution is -2.19. The molecule has 0 atom stereocenters. The molecule has 3 rings (SSSR count).